The average Bonchev–Trinajstić information content (AvgIpc) is 3.44. The molecule has 0 aliphatic heterocycles. The summed E-state index contributed by atoms with van der Waals surface area (Å²) in [5.74, 6) is -0.931. The molecular weight excluding hydrogens is 961 g/mol. The molecule has 0 fully saturated rings. The van der Waals surface area contributed by atoms with Crippen LogP contribution in [0.2, 0.25) is 0 Å². The van der Waals surface area contributed by atoms with Crippen LogP contribution in [0.15, 0.2) is 122 Å². The number of unbranched alkanes of at least 4 members (excludes halogenated alkanes) is 27. The molecule has 78 heavy (non-hydrogen) atoms. The van der Waals surface area contributed by atoms with Crippen molar-refractivity contribution in [3.63, 3.8) is 0 Å². The highest BCUT2D eigenvalue weighted by Gasteiger charge is 2.19. The largest absolute Gasteiger partial charge is 0.462 e. The lowest BCUT2D eigenvalue weighted by Gasteiger charge is -2.18. The number of rotatable bonds is 58. The lowest BCUT2D eigenvalue weighted by atomic mass is 10.0. The van der Waals surface area contributed by atoms with Gasteiger partial charge in [-0.2, -0.15) is 0 Å². The fourth-order valence-corrected chi connectivity index (χ4v) is 8.88. The van der Waals surface area contributed by atoms with Gasteiger partial charge in [0.1, 0.15) is 13.2 Å². The predicted octanol–water partition coefficient (Wildman–Crippen LogP) is 22.4. The summed E-state index contributed by atoms with van der Waals surface area (Å²) >= 11 is 0. The van der Waals surface area contributed by atoms with Crippen molar-refractivity contribution in [1.29, 1.82) is 0 Å². The predicted molar refractivity (Wildman–Crippen MR) is 339 cm³/mol. The Labute approximate surface area is 482 Å². The number of hydrogen-bond donors (Lipinski definition) is 0. The molecule has 0 bridgehead atoms. The molecule has 0 aliphatic carbocycles. The van der Waals surface area contributed by atoms with Crippen molar-refractivity contribution in [2.75, 3.05) is 13.2 Å². The van der Waals surface area contributed by atoms with Crippen LogP contribution >= 0.6 is 0 Å². The zero-order valence-electron chi connectivity index (χ0n) is 50.9. The number of carbonyl (C=O) groups excluding carboxylic acids is 3. The summed E-state index contributed by atoms with van der Waals surface area (Å²) in [6.07, 6.45) is 90.8. The van der Waals surface area contributed by atoms with E-state index in [0.29, 0.717) is 19.3 Å². The van der Waals surface area contributed by atoms with E-state index in [2.05, 4.69) is 142 Å². The van der Waals surface area contributed by atoms with Gasteiger partial charge in [-0.3, -0.25) is 14.4 Å². The summed E-state index contributed by atoms with van der Waals surface area (Å²) in [7, 11) is 0. The van der Waals surface area contributed by atoms with Gasteiger partial charge >= 0.3 is 17.9 Å². The molecule has 0 saturated carbocycles. The molecule has 0 spiro atoms. The monoisotopic (exact) mass is 1080 g/mol. The fourth-order valence-electron chi connectivity index (χ4n) is 8.88. The molecule has 1 atom stereocenters. The van der Waals surface area contributed by atoms with Crippen LogP contribution in [0.5, 0.6) is 0 Å². The molecule has 0 aromatic carbocycles. The summed E-state index contributed by atoms with van der Waals surface area (Å²) in [5, 5.41) is 0. The zero-order valence-corrected chi connectivity index (χ0v) is 50.9. The van der Waals surface area contributed by atoms with Gasteiger partial charge in [0.15, 0.2) is 6.10 Å². The Morgan fingerprint density at radius 1 is 0.269 bits per heavy atom. The maximum atomic E-state index is 12.9. The van der Waals surface area contributed by atoms with Crippen LogP contribution in [-0.2, 0) is 28.6 Å². The number of hydrogen-bond acceptors (Lipinski definition) is 6. The molecule has 444 valence electrons. The molecule has 0 N–H and O–H groups in total. The maximum absolute atomic E-state index is 12.9. The topological polar surface area (TPSA) is 78.9 Å². The Morgan fingerprint density at radius 2 is 0.500 bits per heavy atom. The molecule has 6 nitrogen and oxygen atoms in total. The first kappa shape index (κ1) is 73.8. The Hall–Kier alpha value is -4.19. The van der Waals surface area contributed by atoms with E-state index in [1.54, 1.807) is 0 Å². The summed E-state index contributed by atoms with van der Waals surface area (Å²) in [5.41, 5.74) is 0. The van der Waals surface area contributed by atoms with Gasteiger partial charge in [-0.1, -0.05) is 303 Å². The molecule has 0 heterocycles. The first-order chi connectivity index (χ1) is 38.5. The quantitative estimate of drug-likeness (QED) is 0.0261. The minimum absolute atomic E-state index is 0.0897. The Balaban J connectivity index is 4.29. The Morgan fingerprint density at radius 3 is 0.782 bits per heavy atom. The first-order valence-corrected chi connectivity index (χ1v) is 32.5. The van der Waals surface area contributed by atoms with Crippen molar-refractivity contribution < 1.29 is 28.6 Å². The van der Waals surface area contributed by atoms with Gasteiger partial charge < -0.3 is 14.2 Å². The maximum Gasteiger partial charge on any atom is 0.306 e. The number of esters is 3. The van der Waals surface area contributed by atoms with Crippen LogP contribution in [0.3, 0.4) is 0 Å². The van der Waals surface area contributed by atoms with E-state index < -0.39 is 6.10 Å². The van der Waals surface area contributed by atoms with Gasteiger partial charge in [0, 0.05) is 19.3 Å². The van der Waals surface area contributed by atoms with E-state index in [4.69, 9.17) is 14.2 Å². The standard InChI is InChI=1S/C72H120O6/c1-4-7-10-13-16-19-21-23-25-27-29-30-31-32-33-34-35-36-37-38-39-40-41-42-43-45-46-48-50-53-56-59-62-65-71(74)77-68-69(67-76-70(73)64-61-58-55-52-18-15-12-9-6-3)78-72(75)66-63-60-57-54-51-49-47-44-28-26-24-22-20-17-14-11-8-5-2/h7,10,16,19,23,25,29-30,32-33,35-36,38-39,41-42,45-46,50,53,69H,4-6,8-9,11-15,17-18,20-22,24,26-28,31,34,37,40,43-44,47-49,51-52,54-68H2,1-3H3/b10-7-,19-16-,25-23-,30-29-,33-32-,36-35-,39-38-,42-41-,46-45-,53-50-. The van der Waals surface area contributed by atoms with E-state index in [0.717, 1.165) is 122 Å². The van der Waals surface area contributed by atoms with Crippen molar-refractivity contribution in [1.82, 2.24) is 0 Å². The first-order valence-electron chi connectivity index (χ1n) is 32.5. The van der Waals surface area contributed by atoms with Crippen molar-refractivity contribution in [2.45, 2.75) is 303 Å². The van der Waals surface area contributed by atoms with Gasteiger partial charge in [0.25, 0.3) is 0 Å². The highest BCUT2D eigenvalue weighted by atomic mass is 16.6. The van der Waals surface area contributed by atoms with E-state index in [1.807, 2.05) is 0 Å². The van der Waals surface area contributed by atoms with E-state index in [-0.39, 0.29) is 31.1 Å². The summed E-state index contributed by atoms with van der Waals surface area (Å²) in [6, 6.07) is 0. The molecule has 0 rings (SSSR count). The van der Waals surface area contributed by atoms with Crippen LogP contribution in [0.25, 0.3) is 0 Å². The zero-order chi connectivity index (χ0) is 56.4. The minimum atomic E-state index is -0.794. The molecule has 6 heteroatoms. The second-order valence-corrected chi connectivity index (χ2v) is 21.3. The smallest absolute Gasteiger partial charge is 0.306 e. The third-order valence-electron chi connectivity index (χ3n) is 13.7. The van der Waals surface area contributed by atoms with E-state index in [1.165, 1.54) is 135 Å². The van der Waals surface area contributed by atoms with Crippen molar-refractivity contribution in [2.24, 2.45) is 0 Å². The van der Waals surface area contributed by atoms with Crippen LogP contribution < -0.4 is 0 Å². The fraction of sp³-hybridized carbons (Fsp3) is 0.681. The molecule has 0 aromatic heterocycles. The molecule has 0 radical (unpaired) electrons. The lowest BCUT2D eigenvalue weighted by Crippen LogP contribution is -2.30. The van der Waals surface area contributed by atoms with Crippen LogP contribution in [0, 0.1) is 0 Å². The molecule has 0 aliphatic rings. The Kier molecular flexibility index (Phi) is 61.8. The van der Waals surface area contributed by atoms with Crippen LogP contribution in [-0.4, -0.2) is 37.2 Å². The second kappa shape index (κ2) is 65.3. The molecule has 0 saturated heterocycles. The van der Waals surface area contributed by atoms with Gasteiger partial charge in [-0.15, -0.1) is 0 Å². The van der Waals surface area contributed by atoms with Crippen molar-refractivity contribution in [3.8, 4) is 0 Å². The molecule has 0 aromatic rings. The SMILES string of the molecule is CC/C=C\C/C=C\C/C=C\C/C=C\C/C=C\C/C=C\C/C=C\C/C=C\C/C=C\C/C=C\CCCCC(=O)OCC(COC(=O)CCCCCCCCCCC)OC(=O)CCCCCCCCCCCCCCCCCCCC. The van der Waals surface area contributed by atoms with Crippen molar-refractivity contribution >= 4 is 17.9 Å². The van der Waals surface area contributed by atoms with Gasteiger partial charge in [-0.05, 0) is 96.3 Å². The third kappa shape index (κ3) is 62.7. The highest BCUT2D eigenvalue weighted by Crippen LogP contribution is 2.16. The van der Waals surface area contributed by atoms with Gasteiger partial charge in [-0.25, -0.2) is 0 Å². The summed E-state index contributed by atoms with van der Waals surface area (Å²) < 4.78 is 16.8. The van der Waals surface area contributed by atoms with Crippen LogP contribution in [0.4, 0.5) is 0 Å². The third-order valence-corrected chi connectivity index (χ3v) is 13.7. The highest BCUT2D eigenvalue weighted by molar-refractivity contribution is 5.71. The molecular formula is C72H120O6. The Bertz CT molecular complexity index is 1620. The van der Waals surface area contributed by atoms with Gasteiger partial charge in [0.05, 0.1) is 0 Å². The van der Waals surface area contributed by atoms with E-state index >= 15 is 0 Å². The second-order valence-electron chi connectivity index (χ2n) is 21.3. The van der Waals surface area contributed by atoms with Crippen LogP contribution in [0.1, 0.15) is 297 Å². The normalized spacial score (nSPS) is 12.9. The van der Waals surface area contributed by atoms with Gasteiger partial charge in [0.2, 0.25) is 0 Å². The number of carbonyl (C=O) groups is 3. The number of allylic oxidation sites excluding steroid dienone is 20. The average molecular weight is 1080 g/mol. The number of ether oxygens (including phenoxy) is 3. The summed E-state index contributed by atoms with van der Waals surface area (Å²) in [6.45, 7) is 6.49. The summed E-state index contributed by atoms with van der Waals surface area (Å²) in [4.78, 5) is 38.1. The van der Waals surface area contributed by atoms with E-state index in [9.17, 15) is 14.4 Å². The minimum Gasteiger partial charge on any atom is -0.462 e. The lowest BCUT2D eigenvalue weighted by molar-refractivity contribution is -0.167. The molecule has 0 amide bonds. The van der Waals surface area contributed by atoms with Crippen molar-refractivity contribution in [3.05, 3.63) is 122 Å². The molecule has 1 unspecified atom stereocenters.